The van der Waals surface area contributed by atoms with E-state index in [4.69, 9.17) is 0 Å². The summed E-state index contributed by atoms with van der Waals surface area (Å²) >= 11 is 0. The first kappa shape index (κ1) is 25.2. The van der Waals surface area contributed by atoms with Crippen molar-refractivity contribution in [2.24, 2.45) is 4.99 Å². The van der Waals surface area contributed by atoms with Gasteiger partial charge in [0.2, 0.25) is 0 Å². The number of hydrogen-bond donors (Lipinski definition) is 3. The molecule has 0 amide bonds. The van der Waals surface area contributed by atoms with E-state index in [1.807, 2.05) is 0 Å². The Morgan fingerprint density at radius 2 is 1.57 bits per heavy atom. The van der Waals surface area contributed by atoms with Crippen molar-refractivity contribution < 1.29 is 0 Å². The molecule has 6 heteroatoms. The molecule has 140 valence electrons. The normalized spacial score (nSPS) is 12.7. The third-order valence-corrected chi connectivity index (χ3v) is 3.37. The van der Waals surface area contributed by atoms with Gasteiger partial charge in [-0.25, -0.2) is 0 Å². The lowest BCUT2D eigenvalue weighted by molar-refractivity contribution is 0.178. The molecular formula is C17H40IN5. The van der Waals surface area contributed by atoms with Crippen LogP contribution in [-0.4, -0.2) is 61.2 Å². The molecule has 5 nitrogen and oxygen atoms in total. The van der Waals surface area contributed by atoms with Crippen molar-refractivity contribution in [1.82, 2.24) is 20.9 Å². The van der Waals surface area contributed by atoms with Crippen molar-refractivity contribution in [3.8, 4) is 0 Å². The highest BCUT2D eigenvalue weighted by atomic mass is 127. The Morgan fingerprint density at radius 1 is 1.00 bits per heavy atom. The van der Waals surface area contributed by atoms with Crippen molar-refractivity contribution in [2.75, 3.05) is 32.7 Å². The van der Waals surface area contributed by atoms with Gasteiger partial charge >= 0.3 is 0 Å². The van der Waals surface area contributed by atoms with E-state index < -0.39 is 0 Å². The third-order valence-electron chi connectivity index (χ3n) is 3.37. The first-order valence-electron chi connectivity index (χ1n) is 8.70. The first-order valence-corrected chi connectivity index (χ1v) is 8.70. The van der Waals surface area contributed by atoms with E-state index in [1.165, 1.54) is 0 Å². The Balaban J connectivity index is 0. The zero-order chi connectivity index (χ0) is 17.2. The van der Waals surface area contributed by atoms with Crippen LogP contribution in [-0.2, 0) is 0 Å². The molecule has 0 aromatic heterocycles. The SMILES string of the molecule is CCNC(=NCCNC(C)(C)C)NCCN(C(C)C)C(C)C.I. The quantitative estimate of drug-likeness (QED) is 0.223. The van der Waals surface area contributed by atoms with Crippen LogP contribution in [0.1, 0.15) is 55.4 Å². The zero-order valence-corrected chi connectivity index (χ0v) is 18.8. The summed E-state index contributed by atoms with van der Waals surface area (Å²) < 4.78 is 0. The van der Waals surface area contributed by atoms with Crippen LogP contribution in [0.5, 0.6) is 0 Å². The van der Waals surface area contributed by atoms with E-state index in [-0.39, 0.29) is 29.5 Å². The highest BCUT2D eigenvalue weighted by Crippen LogP contribution is 2.03. The summed E-state index contributed by atoms with van der Waals surface area (Å²) in [5.41, 5.74) is 0.149. The molecule has 0 aliphatic heterocycles. The number of halogens is 1. The van der Waals surface area contributed by atoms with Crippen LogP contribution in [0.25, 0.3) is 0 Å². The second-order valence-electron chi connectivity index (χ2n) is 7.29. The minimum absolute atomic E-state index is 0. The maximum absolute atomic E-state index is 4.62. The molecule has 0 spiro atoms. The number of rotatable bonds is 9. The second kappa shape index (κ2) is 13.2. The standard InChI is InChI=1S/C17H39N5.HI/c1-9-18-16(19-10-11-21-17(6,7)8)20-12-13-22(14(2)3)15(4)5;/h14-15,21H,9-13H2,1-8H3,(H2,18,19,20);1H. The summed E-state index contributed by atoms with van der Waals surface area (Å²) in [6.45, 7) is 22.1. The summed E-state index contributed by atoms with van der Waals surface area (Å²) in [5.74, 6) is 0.908. The van der Waals surface area contributed by atoms with E-state index in [0.717, 1.165) is 38.7 Å². The largest absolute Gasteiger partial charge is 0.357 e. The lowest BCUT2D eigenvalue weighted by Crippen LogP contribution is -2.45. The zero-order valence-electron chi connectivity index (χ0n) is 16.5. The predicted octanol–water partition coefficient (Wildman–Crippen LogP) is 2.67. The highest BCUT2D eigenvalue weighted by molar-refractivity contribution is 14.0. The van der Waals surface area contributed by atoms with Crippen LogP contribution < -0.4 is 16.0 Å². The number of nitrogens with zero attached hydrogens (tertiary/aromatic N) is 2. The Labute approximate surface area is 161 Å². The van der Waals surface area contributed by atoms with Crippen LogP contribution in [0.2, 0.25) is 0 Å². The molecule has 0 saturated carbocycles. The predicted molar refractivity (Wildman–Crippen MR) is 114 cm³/mol. The van der Waals surface area contributed by atoms with E-state index in [2.05, 4.69) is 81.2 Å². The molecular weight excluding hydrogens is 401 g/mol. The van der Waals surface area contributed by atoms with Gasteiger partial charge in [-0.2, -0.15) is 0 Å². The Bertz CT molecular complexity index is 303. The molecule has 0 bridgehead atoms. The monoisotopic (exact) mass is 441 g/mol. The van der Waals surface area contributed by atoms with Gasteiger partial charge in [-0.1, -0.05) is 0 Å². The van der Waals surface area contributed by atoms with Gasteiger partial charge in [0.05, 0.1) is 6.54 Å². The van der Waals surface area contributed by atoms with Gasteiger partial charge in [0.25, 0.3) is 0 Å². The maximum Gasteiger partial charge on any atom is 0.191 e. The molecule has 0 unspecified atom stereocenters. The molecule has 0 radical (unpaired) electrons. The fraction of sp³-hybridized carbons (Fsp3) is 0.941. The lowest BCUT2D eigenvalue weighted by Gasteiger charge is -2.30. The summed E-state index contributed by atoms with van der Waals surface area (Å²) in [7, 11) is 0. The van der Waals surface area contributed by atoms with Gasteiger partial charge in [-0.05, 0) is 55.4 Å². The number of hydrogen-bond acceptors (Lipinski definition) is 3. The smallest absolute Gasteiger partial charge is 0.191 e. The Hall–Kier alpha value is -0.0800. The summed E-state index contributed by atoms with van der Waals surface area (Å²) in [5, 5.41) is 10.2. The molecule has 0 aliphatic rings. The highest BCUT2D eigenvalue weighted by Gasteiger charge is 2.12. The Morgan fingerprint density at radius 3 is 2.00 bits per heavy atom. The molecule has 0 aliphatic carbocycles. The van der Waals surface area contributed by atoms with Gasteiger partial charge in [0.1, 0.15) is 0 Å². The molecule has 0 aromatic carbocycles. The second-order valence-corrected chi connectivity index (χ2v) is 7.29. The van der Waals surface area contributed by atoms with Gasteiger partial charge < -0.3 is 16.0 Å². The van der Waals surface area contributed by atoms with Crippen LogP contribution in [0.3, 0.4) is 0 Å². The van der Waals surface area contributed by atoms with Crippen LogP contribution in [0, 0.1) is 0 Å². The number of nitrogens with one attached hydrogen (secondary N) is 3. The van der Waals surface area contributed by atoms with Crippen LogP contribution >= 0.6 is 24.0 Å². The van der Waals surface area contributed by atoms with Crippen molar-refractivity contribution in [3.05, 3.63) is 0 Å². The van der Waals surface area contributed by atoms with Crippen LogP contribution in [0.4, 0.5) is 0 Å². The Kier molecular flexibility index (Phi) is 14.5. The summed E-state index contributed by atoms with van der Waals surface area (Å²) in [6.07, 6.45) is 0. The molecule has 0 atom stereocenters. The molecule has 0 aromatic rings. The minimum Gasteiger partial charge on any atom is -0.357 e. The summed E-state index contributed by atoms with van der Waals surface area (Å²) in [4.78, 5) is 7.10. The summed E-state index contributed by atoms with van der Waals surface area (Å²) in [6, 6.07) is 1.13. The van der Waals surface area contributed by atoms with Crippen molar-refractivity contribution in [3.63, 3.8) is 0 Å². The average Bonchev–Trinajstić information content (AvgIpc) is 2.37. The van der Waals surface area contributed by atoms with E-state index >= 15 is 0 Å². The van der Waals surface area contributed by atoms with E-state index in [1.54, 1.807) is 0 Å². The molecule has 0 heterocycles. The molecule has 0 rings (SSSR count). The topological polar surface area (TPSA) is 51.7 Å². The third kappa shape index (κ3) is 14.0. The average molecular weight is 441 g/mol. The molecule has 3 N–H and O–H groups in total. The van der Waals surface area contributed by atoms with E-state index in [9.17, 15) is 0 Å². The lowest BCUT2D eigenvalue weighted by atomic mass is 10.1. The van der Waals surface area contributed by atoms with Crippen molar-refractivity contribution >= 4 is 29.9 Å². The number of aliphatic imine (C=N–C) groups is 1. The van der Waals surface area contributed by atoms with Gasteiger partial charge in [0, 0.05) is 43.8 Å². The fourth-order valence-corrected chi connectivity index (χ4v) is 2.36. The molecule has 0 fully saturated rings. The number of guanidine groups is 1. The van der Waals surface area contributed by atoms with Gasteiger partial charge in [-0.3, -0.25) is 9.89 Å². The van der Waals surface area contributed by atoms with Crippen molar-refractivity contribution in [2.45, 2.75) is 73.0 Å². The van der Waals surface area contributed by atoms with Crippen molar-refractivity contribution in [1.29, 1.82) is 0 Å². The van der Waals surface area contributed by atoms with Gasteiger partial charge in [-0.15, -0.1) is 24.0 Å². The maximum atomic E-state index is 4.62. The molecule has 23 heavy (non-hydrogen) atoms. The fourth-order valence-electron chi connectivity index (χ4n) is 2.36. The van der Waals surface area contributed by atoms with E-state index in [0.29, 0.717) is 12.1 Å². The van der Waals surface area contributed by atoms with Crippen LogP contribution in [0.15, 0.2) is 4.99 Å². The minimum atomic E-state index is 0. The van der Waals surface area contributed by atoms with Gasteiger partial charge in [0.15, 0.2) is 5.96 Å². The molecule has 0 saturated heterocycles. The first-order chi connectivity index (χ1) is 10.2.